The average molecular weight is 255 g/mol. The second-order valence-corrected chi connectivity index (χ2v) is 5.21. The lowest BCUT2D eigenvalue weighted by Gasteiger charge is -2.35. The maximum Gasteiger partial charge on any atom is 0.134 e. The first kappa shape index (κ1) is 12.6. The van der Waals surface area contributed by atoms with Crippen molar-refractivity contribution in [3.8, 4) is 0 Å². The van der Waals surface area contributed by atoms with Crippen LogP contribution in [0, 0.1) is 6.92 Å². The molecule has 1 aliphatic heterocycles. The van der Waals surface area contributed by atoms with Crippen LogP contribution in [-0.4, -0.2) is 40.5 Å². The van der Waals surface area contributed by atoms with Crippen LogP contribution in [-0.2, 0) is 0 Å². The number of rotatable bonds is 2. The summed E-state index contributed by atoms with van der Waals surface area (Å²) >= 11 is 5.92. The molecule has 0 spiro atoms. The minimum atomic E-state index is 0.478. The fraction of sp³-hybridized carbons (Fsp3) is 0.667. The summed E-state index contributed by atoms with van der Waals surface area (Å²) in [5.41, 5.74) is 0. The van der Waals surface area contributed by atoms with E-state index in [-0.39, 0.29) is 0 Å². The van der Waals surface area contributed by atoms with E-state index < -0.39 is 0 Å². The molecule has 0 saturated carbocycles. The number of hydrogen-bond donors (Lipinski definition) is 1. The van der Waals surface area contributed by atoms with Gasteiger partial charge in [-0.25, -0.2) is 9.97 Å². The first-order chi connectivity index (χ1) is 8.04. The number of nitrogens with zero attached hydrogens (tertiary/aromatic N) is 3. The Morgan fingerprint density at radius 3 is 2.88 bits per heavy atom. The van der Waals surface area contributed by atoms with E-state index in [4.69, 9.17) is 11.6 Å². The molecule has 1 fully saturated rings. The van der Waals surface area contributed by atoms with Crippen molar-refractivity contribution >= 4 is 17.4 Å². The topological polar surface area (TPSA) is 41.1 Å². The van der Waals surface area contributed by atoms with Crippen molar-refractivity contribution in [2.45, 2.75) is 38.8 Å². The van der Waals surface area contributed by atoms with Crippen molar-refractivity contribution in [1.29, 1.82) is 0 Å². The van der Waals surface area contributed by atoms with Gasteiger partial charge in [-0.2, -0.15) is 0 Å². The molecular formula is C12H19ClN4. The lowest BCUT2D eigenvalue weighted by Crippen LogP contribution is -2.42. The molecular weight excluding hydrogens is 236 g/mol. The van der Waals surface area contributed by atoms with Crippen molar-refractivity contribution in [3.63, 3.8) is 0 Å². The number of nitrogens with one attached hydrogen (secondary N) is 1. The molecule has 1 aromatic rings. The van der Waals surface area contributed by atoms with Gasteiger partial charge in [0.25, 0.3) is 0 Å². The van der Waals surface area contributed by atoms with E-state index in [1.807, 2.05) is 6.92 Å². The Labute approximate surface area is 107 Å². The summed E-state index contributed by atoms with van der Waals surface area (Å²) in [6.45, 7) is 5.23. The zero-order chi connectivity index (χ0) is 12.4. The molecule has 94 valence electrons. The molecule has 1 N–H and O–H groups in total. The Morgan fingerprint density at radius 2 is 2.24 bits per heavy atom. The minimum absolute atomic E-state index is 0.478. The molecule has 5 heteroatoms. The van der Waals surface area contributed by atoms with Crippen LogP contribution in [0.4, 0.5) is 5.82 Å². The van der Waals surface area contributed by atoms with Gasteiger partial charge in [0.2, 0.25) is 0 Å². The van der Waals surface area contributed by atoms with Crippen LogP contribution in [0.15, 0.2) is 6.07 Å². The predicted octanol–water partition coefficient (Wildman–Crippen LogP) is 2.33. The van der Waals surface area contributed by atoms with Gasteiger partial charge in [-0.3, -0.25) is 0 Å². The van der Waals surface area contributed by atoms with Crippen LogP contribution in [0.2, 0.25) is 5.15 Å². The highest BCUT2D eigenvalue weighted by atomic mass is 35.5. The van der Waals surface area contributed by atoms with Crippen molar-refractivity contribution < 1.29 is 0 Å². The Morgan fingerprint density at radius 1 is 1.47 bits per heavy atom. The lowest BCUT2D eigenvalue weighted by molar-refractivity contribution is 0.190. The van der Waals surface area contributed by atoms with Crippen LogP contribution in [0.5, 0.6) is 0 Å². The van der Waals surface area contributed by atoms with Crippen LogP contribution >= 0.6 is 11.6 Å². The molecule has 0 radical (unpaired) electrons. The van der Waals surface area contributed by atoms with Gasteiger partial charge in [0.05, 0.1) is 0 Å². The maximum absolute atomic E-state index is 5.92. The number of likely N-dealkylation sites (tertiary alicyclic amines) is 1. The highest BCUT2D eigenvalue weighted by Crippen LogP contribution is 2.20. The van der Waals surface area contributed by atoms with E-state index in [0.717, 1.165) is 25.2 Å². The normalized spacial score (nSPS) is 25.9. The summed E-state index contributed by atoms with van der Waals surface area (Å²) in [6, 6.07) is 2.88. The summed E-state index contributed by atoms with van der Waals surface area (Å²) in [7, 11) is 2.17. The molecule has 17 heavy (non-hydrogen) atoms. The third-order valence-corrected chi connectivity index (χ3v) is 3.56. The summed E-state index contributed by atoms with van der Waals surface area (Å²) in [4.78, 5) is 10.8. The van der Waals surface area contributed by atoms with Crippen LogP contribution < -0.4 is 5.32 Å². The molecule has 4 nitrogen and oxygen atoms in total. The number of hydrogen-bond acceptors (Lipinski definition) is 4. The van der Waals surface area contributed by atoms with Crippen LogP contribution in [0.3, 0.4) is 0 Å². The number of aromatic nitrogens is 2. The highest BCUT2D eigenvalue weighted by Gasteiger charge is 2.22. The largest absolute Gasteiger partial charge is 0.367 e. The third-order valence-electron chi connectivity index (χ3n) is 3.37. The van der Waals surface area contributed by atoms with Gasteiger partial charge >= 0.3 is 0 Å². The number of aryl methyl sites for hydroxylation is 1. The van der Waals surface area contributed by atoms with E-state index in [1.165, 1.54) is 0 Å². The molecule has 0 bridgehead atoms. The molecule has 2 heterocycles. The maximum atomic E-state index is 5.92. The predicted molar refractivity (Wildman–Crippen MR) is 70.5 cm³/mol. The summed E-state index contributed by atoms with van der Waals surface area (Å²) < 4.78 is 0. The lowest BCUT2D eigenvalue weighted by atomic mass is 9.99. The summed E-state index contributed by atoms with van der Waals surface area (Å²) in [5.74, 6) is 1.55. The van der Waals surface area contributed by atoms with Gasteiger partial charge < -0.3 is 10.2 Å². The molecule has 1 saturated heterocycles. The quantitative estimate of drug-likeness (QED) is 0.823. The third kappa shape index (κ3) is 3.30. The van der Waals surface area contributed by atoms with Crippen molar-refractivity contribution in [2.75, 3.05) is 18.9 Å². The first-order valence-corrected chi connectivity index (χ1v) is 6.40. The fourth-order valence-electron chi connectivity index (χ4n) is 2.23. The molecule has 1 aliphatic rings. The van der Waals surface area contributed by atoms with Gasteiger partial charge in [-0.05, 0) is 33.7 Å². The standard InChI is InChI=1S/C12H19ClN4/c1-8-6-10(4-5-17(8)3)16-12-7-11(13)14-9(2)15-12/h7-8,10H,4-6H2,1-3H3,(H,14,15,16). The zero-order valence-electron chi connectivity index (χ0n) is 10.6. The van der Waals surface area contributed by atoms with Crippen molar-refractivity contribution in [2.24, 2.45) is 0 Å². The number of halogens is 1. The average Bonchev–Trinajstić information content (AvgIpc) is 2.22. The van der Waals surface area contributed by atoms with Gasteiger partial charge in [-0.15, -0.1) is 0 Å². The smallest absolute Gasteiger partial charge is 0.134 e. The Balaban J connectivity index is 2.01. The minimum Gasteiger partial charge on any atom is -0.367 e. The molecule has 1 aromatic heterocycles. The Bertz CT molecular complexity index is 376. The number of anilines is 1. The SMILES string of the molecule is Cc1nc(Cl)cc(NC2CCN(C)C(C)C2)n1. The Kier molecular flexibility index (Phi) is 3.84. The monoisotopic (exact) mass is 254 g/mol. The van der Waals surface area contributed by atoms with E-state index >= 15 is 0 Å². The molecule has 0 aliphatic carbocycles. The molecule has 0 aromatic carbocycles. The van der Waals surface area contributed by atoms with E-state index in [0.29, 0.717) is 23.1 Å². The van der Waals surface area contributed by atoms with Crippen molar-refractivity contribution in [3.05, 3.63) is 17.0 Å². The second kappa shape index (κ2) is 5.19. The van der Waals surface area contributed by atoms with E-state index in [1.54, 1.807) is 6.07 Å². The molecule has 2 atom stereocenters. The van der Waals surface area contributed by atoms with Crippen LogP contribution in [0.25, 0.3) is 0 Å². The zero-order valence-corrected chi connectivity index (χ0v) is 11.3. The van der Waals surface area contributed by atoms with E-state index in [9.17, 15) is 0 Å². The first-order valence-electron chi connectivity index (χ1n) is 6.02. The molecule has 2 unspecified atom stereocenters. The number of piperidine rings is 1. The second-order valence-electron chi connectivity index (χ2n) is 4.82. The van der Waals surface area contributed by atoms with Gasteiger partial charge in [0.1, 0.15) is 16.8 Å². The molecule has 0 amide bonds. The summed E-state index contributed by atoms with van der Waals surface area (Å²) in [5, 5.41) is 3.95. The molecule has 2 rings (SSSR count). The van der Waals surface area contributed by atoms with Gasteiger partial charge in [-0.1, -0.05) is 11.6 Å². The van der Waals surface area contributed by atoms with Crippen LogP contribution in [0.1, 0.15) is 25.6 Å². The van der Waals surface area contributed by atoms with Gasteiger partial charge in [0.15, 0.2) is 0 Å². The highest BCUT2D eigenvalue weighted by molar-refractivity contribution is 6.29. The van der Waals surface area contributed by atoms with Gasteiger partial charge in [0, 0.05) is 24.7 Å². The van der Waals surface area contributed by atoms with E-state index in [2.05, 4.69) is 34.2 Å². The summed E-state index contributed by atoms with van der Waals surface area (Å²) in [6.07, 6.45) is 2.28. The van der Waals surface area contributed by atoms with Crippen molar-refractivity contribution in [1.82, 2.24) is 14.9 Å². The Hall–Kier alpha value is -0.870. The fourth-order valence-corrected chi connectivity index (χ4v) is 2.46.